The summed E-state index contributed by atoms with van der Waals surface area (Å²) in [5.74, 6) is 0.386. The minimum atomic E-state index is -0.766. The van der Waals surface area contributed by atoms with Crippen LogP contribution >= 0.6 is 0 Å². The zero-order chi connectivity index (χ0) is 22.0. The van der Waals surface area contributed by atoms with E-state index in [1.54, 1.807) is 24.5 Å². The first-order valence-corrected chi connectivity index (χ1v) is 10.2. The molecule has 0 atom stereocenters. The third kappa shape index (κ3) is 3.61. The van der Waals surface area contributed by atoms with Crippen LogP contribution in [0, 0.1) is 6.92 Å². The Morgan fingerprint density at radius 3 is 2.26 bits per heavy atom. The van der Waals surface area contributed by atoms with Crippen LogP contribution in [0.5, 0.6) is 5.75 Å². The molecule has 0 aliphatic carbocycles. The Morgan fingerprint density at radius 2 is 1.55 bits per heavy atom. The largest absolute Gasteiger partial charge is 0.513 e. The standard InChI is InChI=1S/C25H23NO5/c1-4-29-24(27)26-20-14-10-9-13-18(20)19-15-21(31-25(28)30-5-2)16(3)22(23(19)26)17-11-7-6-8-12-17/h6-15H,4-5H2,1-3H3. The molecule has 0 radical (unpaired) electrons. The highest BCUT2D eigenvalue weighted by atomic mass is 16.7. The lowest BCUT2D eigenvalue weighted by molar-refractivity contribution is 0.104. The van der Waals surface area contributed by atoms with Crippen LogP contribution < -0.4 is 4.74 Å². The van der Waals surface area contributed by atoms with Crippen LogP contribution in [0.25, 0.3) is 32.9 Å². The van der Waals surface area contributed by atoms with Crippen molar-refractivity contribution in [2.75, 3.05) is 13.2 Å². The van der Waals surface area contributed by atoms with Gasteiger partial charge in [-0.2, -0.15) is 0 Å². The molecule has 0 spiro atoms. The van der Waals surface area contributed by atoms with E-state index >= 15 is 0 Å². The first-order chi connectivity index (χ1) is 15.1. The predicted octanol–water partition coefficient (Wildman–Crippen LogP) is 6.31. The van der Waals surface area contributed by atoms with Crippen molar-refractivity contribution in [2.45, 2.75) is 20.8 Å². The average Bonchev–Trinajstić information content (AvgIpc) is 3.09. The predicted molar refractivity (Wildman–Crippen MR) is 120 cm³/mol. The van der Waals surface area contributed by atoms with Crippen molar-refractivity contribution in [3.05, 3.63) is 66.2 Å². The molecule has 0 N–H and O–H groups in total. The molecule has 0 saturated heterocycles. The number of aromatic nitrogens is 1. The van der Waals surface area contributed by atoms with Gasteiger partial charge in [0.25, 0.3) is 0 Å². The number of carbonyl (C=O) groups is 2. The van der Waals surface area contributed by atoms with Crippen LogP contribution in [0.1, 0.15) is 19.4 Å². The van der Waals surface area contributed by atoms with Crippen LogP contribution in [0.2, 0.25) is 0 Å². The van der Waals surface area contributed by atoms with Crippen LogP contribution in [0.3, 0.4) is 0 Å². The van der Waals surface area contributed by atoms with Crippen LogP contribution in [-0.2, 0) is 9.47 Å². The Morgan fingerprint density at radius 1 is 0.871 bits per heavy atom. The quantitative estimate of drug-likeness (QED) is 0.287. The second kappa shape index (κ2) is 8.52. The second-order valence-electron chi connectivity index (χ2n) is 6.97. The lowest BCUT2D eigenvalue weighted by atomic mass is 9.96. The number of benzene rings is 3. The van der Waals surface area contributed by atoms with Gasteiger partial charge in [-0.3, -0.25) is 0 Å². The van der Waals surface area contributed by atoms with E-state index in [0.717, 1.165) is 33.0 Å². The molecule has 6 heteroatoms. The minimum Gasteiger partial charge on any atom is -0.449 e. The summed E-state index contributed by atoms with van der Waals surface area (Å²) in [6, 6.07) is 19.1. The van der Waals surface area contributed by atoms with Crippen molar-refractivity contribution in [3.8, 4) is 16.9 Å². The molecular weight excluding hydrogens is 394 g/mol. The van der Waals surface area contributed by atoms with Gasteiger partial charge in [-0.25, -0.2) is 14.2 Å². The van der Waals surface area contributed by atoms with Crippen LogP contribution in [0.4, 0.5) is 9.59 Å². The molecule has 4 rings (SSSR count). The number of hydrogen-bond acceptors (Lipinski definition) is 5. The minimum absolute atomic E-state index is 0.216. The highest BCUT2D eigenvalue weighted by Gasteiger charge is 2.24. The maximum atomic E-state index is 13.0. The number of ether oxygens (including phenoxy) is 3. The third-order valence-corrected chi connectivity index (χ3v) is 5.14. The fourth-order valence-corrected chi connectivity index (χ4v) is 3.88. The van der Waals surface area contributed by atoms with E-state index < -0.39 is 12.2 Å². The molecule has 31 heavy (non-hydrogen) atoms. The van der Waals surface area contributed by atoms with Gasteiger partial charge in [-0.05, 0) is 38.5 Å². The Labute approximate surface area is 179 Å². The van der Waals surface area contributed by atoms with E-state index in [1.807, 2.05) is 61.5 Å². The molecule has 158 valence electrons. The number of hydrogen-bond donors (Lipinski definition) is 0. The average molecular weight is 417 g/mol. The summed E-state index contributed by atoms with van der Waals surface area (Å²) < 4.78 is 17.5. The third-order valence-electron chi connectivity index (χ3n) is 5.14. The monoisotopic (exact) mass is 417 g/mol. The van der Waals surface area contributed by atoms with Crippen molar-refractivity contribution >= 4 is 34.1 Å². The molecule has 6 nitrogen and oxygen atoms in total. The highest BCUT2D eigenvalue weighted by Crippen LogP contribution is 2.42. The van der Waals surface area contributed by atoms with Crippen LogP contribution in [0.15, 0.2) is 60.7 Å². The molecule has 0 saturated carbocycles. The Hall–Kier alpha value is -3.80. The van der Waals surface area contributed by atoms with E-state index in [1.165, 1.54) is 0 Å². The van der Waals surface area contributed by atoms with E-state index in [-0.39, 0.29) is 13.2 Å². The number of para-hydroxylation sites is 1. The molecule has 0 amide bonds. The van der Waals surface area contributed by atoms with Crippen molar-refractivity contribution in [2.24, 2.45) is 0 Å². The molecular formula is C25H23NO5. The lowest BCUT2D eigenvalue weighted by Crippen LogP contribution is -2.14. The van der Waals surface area contributed by atoms with Gasteiger partial charge in [0.1, 0.15) is 5.75 Å². The molecule has 1 aromatic heterocycles. The maximum Gasteiger partial charge on any atom is 0.513 e. The fourth-order valence-electron chi connectivity index (χ4n) is 3.88. The number of fused-ring (bicyclic) bond motifs is 3. The van der Waals surface area contributed by atoms with Gasteiger partial charge >= 0.3 is 12.2 Å². The Kier molecular flexibility index (Phi) is 5.62. The molecule has 0 aliphatic heterocycles. The van der Waals surface area contributed by atoms with Crippen molar-refractivity contribution in [1.29, 1.82) is 0 Å². The summed E-state index contributed by atoms with van der Waals surface area (Å²) >= 11 is 0. The van der Waals surface area contributed by atoms with E-state index in [4.69, 9.17) is 14.2 Å². The first-order valence-electron chi connectivity index (χ1n) is 10.2. The molecule has 0 fully saturated rings. The summed E-state index contributed by atoms with van der Waals surface area (Å²) in [4.78, 5) is 25.1. The van der Waals surface area contributed by atoms with Gasteiger partial charge in [0.05, 0.1) is 24.2 Å². The van der Waals surface area contributed by atoms with Gasteiger partial charge in [0.2, 0.25) is 0 Å². The normalized spacial score (nSPS) is 10.9. The summed E-state index contributed by atoms with van der Waals surface area (Å²) in [5, 5.41) is 1.64. The van der Waals surface area contributed by atoms with Crippen molar-refractivity contribution < 1.29 is 23.8 Å². The second-order valence-corrected chi connectivity index (χ2v) is 6.97. The molecule has 4 aromatic rings. The van der Waals surface area contributed by atoms with Crippen LogP contribution in [-0.4, -0.2) is 30.0 Å². The smallest absolute Gasteiger partial charge is 0.449 e. The van der Waals surface area contributed by atoms with Gasteiger partial charge in [0, 0.05) is 21.9 Å². The summed E-state index contributed by atoms with van der Waals surface area (Å²) in [6.07, 6.45) is -1.22. The topological polar surface area (TPSA) is 66.8 Å². The molecule has 0 bridgehead atoms. The zero-order valence-corrected chi connectivity index (χ0v) is 17.7. The lowest BCUT2D eigenvalue weighted by Gasteiger charge is -2.16. The van der Waals surface area contributed by atoms with Gasteiger partial charge in [0.15, 0.2) is 0 Å². The van der Waals surface area contributed by atoms with Gasteiger partial charge in [-0.15, -0.1) is 0 Å². The summed E-state index contributed by atoms with van der Waals surface area (Å²) in [6.45, 7) is 5.84. The summed E-state index contributed by atoms with van der Waals surface area (Å²) in [5.41, 5.74) is 3.84. The molecule has 1 heterocycles. The maximum absolute atomic E-state index is 13.0. The van der Waals surface area contributed by atoms with E-state index in [9.17, 15) is 9.59 Å². The van der Waals surface area contributed by atoms with E-state index in [2.05, 4.69) is 0 Å². The van der Waals surface area contributed by atoms with Gasteiger partial charge < -0.3 is 14.2 Å². The molecule has 0 unspecified atom stereocenters. The number of carbonyl (C=O) groups excluding carboxylic acids is 2. The SMILES string of the molecule is CCOC(=O)Oc1cc2c3ccccc3n(C(=O)OCC)c2c(-c2ccccc2)c1C. The zero-order valence-electron chi connectivity index (χ0n) is 17.7. The number of rotatable bonds is 4. The molecule has 3 aromatic carbocycles. The fraction of sp³-hybridized carbons (Fsp3) is 0.200. The van der Waals surface area contributed by atoms with E-state index in [0.29, 0.717) is 11.3 Å². The molecule has 0 aliphatic rings. The Bertz CT molecular complexity index is 1270. The van der Waals surface area contributed by atoms with Gasteiger partial charge in [-0.1, -0.05) is 48.5 Å². The first kappa shape index (κ1) is 20.5. The Balaban J connectivity index is 2.12. The van der Waals surface area contributed by atoms with Crippen molar-refractivity contribution in [3.63, 3.8) is 0 Å². The number of nitrogens with zero attached hydrogens (tertiary/aromatic N) is 1. The van der Waals surface area contributed by atoms with Crippen molar-refractivity contribution in [1.82, 2.24) is 4.57 Å². The highest BCUT2D eigenvalue weighted by molar-refractivity contribution is 6.17. The summed E-state index contributed by atoms with van der Waals surface area (Å²) in [7, 11) is 0.